The number of rotatable bonds is 4. The van der Waals surface area contributed by atoms with E-state index >= 15 is 0 Å². The van der Waals surface area contributed by atoms with Crippen LogP contribution in [-0.4, -0.2) is 33.1 Å². The average molecular weight is 383 g/mol. The number of thioether (sulfide) groups is 1. The van der Waals surface area contributed by atoms with Crippen molar-refractivity contribution in [2.24, 2.45) is 0 Å². The van der Waals surface area contributed by atoms with Gasteiger partial charge in [-0.2, -0.15) is 0 Å². The number of anilines is 1. The Morgan fingerprint density at radius 1 is 1.19 bits per heavy atom. The van der Waals surface area contributed by atoms with E-state index in [2.05, 4.69) is 16.3 Å². The lowest BCUT2D eigenvalue weighted by molar-refractivity contribution is -0.116. The minimum absolute atomic E-state index is 0.00227. The number of nitrogen functional groups attached to an aromatic ring is 1. The minimum Gasteiger partial charge on any atom is -0.335 e. The molecule has 27 heavy (non-hydrogen) atoms. The Labute approximate surface area is 160 Å². The lowest BCUT2D eigenvalue weighted by atomic mass is 10.0. The van der Waals surface area contributed by atoms with Gasteiger partial charge in [-0.1, -0.05) is 42.1 Å². The summed E-state index contributed by atoms with van der Waals surface area (Å²) in [5.41, 5.74) is 2.70. The van der Waals surface area contributed by atoms with Crippen LogP contribution in [0.15, 0.2) is 53.7 Å². The second kappa shape index (κ2) is 7.40. The predicted molar refractivity (Wildman–Crippen MR) is 103 cm³/mol. The molecule has 3 aromatic rings. The Hall–Kier alpha value is -2.87. The monoisotopic (exact) mass is 383 g/mol. The van der Waals surface area contributed by atoms with Crippen LogP contribution < -0.4 is 10.7 Å². The number of nitrogens with two attached hydrogens (primary N) is 1. The van der Waals surface area contributed by atoms with Gasteiger partial charge in [0.2, 0.25) is 11.1 Å². The van der Waals surface area contributed by atoms with E-state index in [0.29, 0.717) is 23.1 Å². The third-order valence-electron chi connectivity index (χ3n) is 4.48. The quantitative estimate of drug-likeness (QED) is 0.554. The van der Waals surface area contributed by atoms with Crippen molar-refractivity contribution < 1.29 is 9.18 Å². The maximum absolute atomic E-state index is 13.4. The van der Waals surface area contributed by atoms with Crippen molar-refractivity contribution in [1.82, 2.24) is 14.9 Å². The van der Waals surface area contributed by atoms with Crippen LogP contribution in [0, 0.1) is 5.82 Å². The van der Waals surface area contributed by atoms with Gasteiger partial charge in [-0.3, -0.25) is 4.79 Å². The van der Waals surface area contributed by atoms with Crippen LogP contribution in [0.1, 0.15) is 12.0 Å². The van der Waals surface area contributed by atoms with Crippen molar-refractivity contribution in [2.45, 2.75) is 18.0 Å². The van der Waals surface area contributed by atoms with E-state index in [1.54, 1.807) is 12.1 Å². The summed E-state index contributed by atoms with van der Waals surface area (Å²) in [7, 11) is 0. The molecule has 4 rings (SSSR count). The molecule has 1 aliphatic heterocycles. The third-order valence-corrected chi connectivity index (χ3v) is 5.41. The van der Waals surface area contributed by atoms with Crippen molar-refractivity contribution in [3.05, 3.63) is 59.9 Å². The van der Waals surface area contributed by atoms with E-state index in [-0.39, 0.29) is 17.5 Å². The van der Waals surface area contributed by atoms with Crippen LogP contribution in [0.5, 0.6) is 0 Å². The molecule has 8 heteroatoms. The summed E-state index contributed by atoms with van der Waals surface area (Å²) < 4.78 is 14.7. The number of amides is 1. The van der Waals surface area contributed by atoms with Crippen LogP contribution >= 0.6 is 11.8 Å². The maximum atomic E-state index is 13.4. The molecule has 2 heterocycles. The molecule has 0 spiro atoms. The zero-order valence-corrected chi connectivity index (χ0v) is 15.3. The molecule has 1 aliphatic rings. The van der Waals surface area contributed by atoms with Crippen molar-refractivity contribution in [3.63, 3.8) is 0 Å². The molecule has 0 aliphatic carbocycles. The molecular weight excluding hydrogens is 365 g/mol. The van der Waals surface area contributed by atoms with Gasteiger partial charge in [0.25, 0.3) is 0 Å². The maximum Gasteiger partial charge on any atom is 0.237 e. The van der Waals surface area contributed by atoms with E-state index in [1.807, 2.05) is 23.1 Å². The molecule has 0 fully saturated rings. The van der Waals surface area contributed by atoms with E-state index in [1.165, 1.54) is 34.1 Å². The predicted octanol–water partition coefficient (Wildman–Crippen LogP) is 2.87. The highest BCUT2D eigenvalue weighted by molar-refractivity contribution is 7.99. The number of halogens is 1. The Bertz CT molecular complexity index is 990. The van der Waals surface area contributed by atoms with Gasteiger partial charge >= 0.3 is 0 Å². The second-order valence-electron chi connectivity index (χ2n) is 6.25. The molecule has 1 aromatic heterocycles. The Morgan fingerprint density at radius 2 is 2.04 bits per heavy atom. The molecule has 0 radical (unpaired) electrons. The van der Waals surface area contributed by atoms with Crippen LogP contribution in [0.25, 0.3) is 11.4 Å². The second-order valence-corrected chi connectivity index (χ2v) is 7.20. The summed E-state index contributed by atoms with van der Waals surface area (Å²) in [4.78, 5) is 14.5. The number of aryl methyl sites for hydroxylation is 1. The van der Waals surface area contributed by atoms with Gasteiger partial charge in [0, 0.05) is 17.8 Å². The van der Waals surface area contributed by atoms with Crippen LogP contribution in [0.3, 0.4) is 0 Å². The molecular formula is C19H18FN5OS. The van der Waals surface area contributed by atoms with E-state index in [9.17, 15) is 9.18 Å². The molecule has 1 amide bonds. The Kier molecular flexibility index (Phi) is 4.81. The normalized spacial score (nSPS) is 13.4. The number of aromatic nitrogens is 3. The van der Waals surface area contributed by atoms with Gasteiger partial charge in [0.1, 0.15) is 5.82 Å². The van der Waals surface area contributed by atoms with Gasteiger partial charge in [-0.15, -0.1) is 10.2 Å². The van der Waals surface area contributed by atoms with Gasteiger partial charge < -0.3 is 10.7 Å². The molecule has 0 saturated heterocycles. The topological polar surface area (TPSA) is 77.0 Å². The number of para-hydroxylation sites is 1. The highest BCUT2D eigenvalue weighted by Crippen LogP contribution is 2.28. The van der Waals surface area contributed by atoms with Gasteiger partial charge in [-0.05, 0) is 36.6 Å². The van der Waals surface area contributed by atoms with Crippen LogP contribution in [0.2, 0.25) is 0 Å². The van der Waals surface area contributed by atoms with Crippen LogP contribution in [-0.2, 0) is 11.2 Å². The first-order valence-corrected chi connectivity index (χ1v) is 9.59. The lowest BCUT2D eigenvalue weighted by Crippen LogP contribution is -2.36. The summed E-state index contributed by atoms with van der Waals surface area (Å²) in [5, 5.41) is 8.48. The number of hydrogen-bond donors (Lipinski definition) is 1. The molecule has 0 unspecified atom stereocenters. The first kappa shape index (κ1) is 17.5. The highest BCUT2D eigenvalue weighted by Gasteiger charge is 2.23. The van der Waals surface area contributed by atoms with Gasteiger partial charge in [-0.25, -0.2) is 9.07 Å². The standard InChI is InChI=1S/C19H18FN5OS/c20-15-8-3-6-14(11-15)18-22-23-19(25(18)21)27-12-17(26)24-10-4-7-13-5-1-2-9-16(13)24/h1-3,5-6,8-9,11H,4,7,10,12,21H2. The molecule has 6 nitrogen and oxygen atoms in total. The zero-order valence-electron chi connectivity index (χ0n) is 14.5. The van der Waals surface area contributed by atoms with Crippen LogP contribution in [0.4, 0.5) is 10.1 Å². The first-order chi connectivity index (χ1) is 13.1. The summed E-state index contributed by atoms with van der Waals surface area (Å²) in [5.74, 6) is 6.24. The number of hydrogen-bond acceptors (Lipinski definition) is 5. The summed E-state index contributed by atoms with van der Waals surface area (Å²) in [6.07, 6.45) is 1.94. The lowest BCUT2D eigenvalue weighted by Gasteiger charge is -2.29. The fourth-order valence-electron chi connectivity index (χ4n) is 3.20. The van der Waals surface area contributed by atoms with Gasteiger partial charge in [0.15, 0.2) is 5.82 Å². The Balaban J connectivity index is 1.48. The molecule has 2 aromatic carbocycles. The smallest absolute Gasteiger partial charge is 0.237 e. The average Bonchev–Trinajstić information content (AvgIpc) is 3.06. The van der Waals surface area contributed by atoms with E-state index in [4.69, 9.17) is 5.84 Å². The van der Waals surface area contributed by atoms with Crippen molar-refractivity contribution in [1.29, 1.82) is 0 Å². The zero-order chi connectivity index (χ0) is 18.8. The molecule has 138 valence electrons. The fraction of sp³-hybridized carbons (Fsp3) is 0.211. The number of fused-ring (bicyclic) bond motifs is 1. The summed E-state index contributed by atoms with van der Waals surface area (Å²) in [6, 6.07) is 14.0. The summed E-state index contributed by atoms with van der Waals surface area (Å²) in [6.45, 7) is 0.709. The first-order valence-electron chi connectivity index (χ1n) is 8.61. The fourth-order valence-corrected chi connectivity index (χ4v) is 3.93. The third kappa shape index (κ3) is 3.52. The molecule has 0 atom stereocenters. The van der Waals surface area contributed by atoms with Gasteiger partial charge in [0.05, 0.1) is 5.75 Å². The largest absolute Gasteiger partial charge is 0.335 e. The SMILES string of the molecule is Nn1c(SCC(=O)N2CCCc3ccccc32)nnc1-c1cccc(F)c1. The van der Waals surface area contributed by atoms with Crippen molar-refractivity contribution in [3.8, 4) is 11.4 Å². The number of carbonyl (C=O) groups excluding carboxylic acids is 1. The molecule has 0 bridgehead atoms. The molecule has 2 N–H and O–H groups in total. The minimum atomic E-state index is -0.372. The Morgan fingerprint density at radius 3 is 2.89 bits per heavy atom. The van der Waals surface area contributed by atoms with Crippen molar-refractivity contribution in [2.75, 3.05) is 23.0 Å². The number of nitrogens with zero attached hydrogens (tertiary/aromatic N) is 4. The van der Waals surface area contributed by atoms with Crippen molar-refractivity contribution >= 4 is 23.4 Å². The molecule has 0 saturated carbocycles. The highest BCUT2D eigenvalue weighted by atomic mass is 32.2. The van der Waals surface area contributed by atoms with E-state index < -0.39 is 0 Å². The number of benzene rings is 2. The van der Waals surface area contributed by atoms with E-state index in [0.717, 1.165) is 18.5 Å². The summed E-state index contributed by atoms with van der Waals surface area (Å²) >= 11 is 1.22. The number of carbonyl (C=O) groups is 1.